The second kappa shape index (κ2) is 7.63. The molecule has 2 N–H and O–H groups in total. The Morgan fingerprint density at radius 2 is 1.96 bits per heavy atom. The number of halogens is 1. The number of carbonyl (C=O) groups excluding carboxylic acids is 1. The third-order valence-electron chi connectivity index (χ3n) is 4.35. The van der Waals surface area contributed by atoms with E-state index in [-0.39, 0.29) is 24.2 Å². The quantitative estimate of drug-likeness (QED) is 0.845. The highest BCUT2D eigenvalue weighted by Gasteiger charge is 2.23. The number of aliphatic hydroxyl groups is 1. The van der Waals surface area contributed by atoms with E-state index >= 15 is 0 Å². The van der Waals surface area contributed by atoms with Crippen molar-refractivity contribution in [1.29, 1.82) is 0 Å². The topological polar surface area (TPSA) is 61.8 Å². The molecule has 0 bridgehead atoms. The van der Waals surface area contributed by atoms with E-state index in [0.29, 0.717) is 13.2 Å². The number of hydrogen-bond acceptors (Lipinski definition) is 4. The molecular formula is C19H21FN2O3. The van der Waals surface area contributed by atoms with Gasteiger partial charge in [0.25, 0.3) is 0 Å². The maximum atomic E-state index is 13.7. The van der Waals surface area contributed by atoms with Crippen molar-refractivity contribution >= 4 is 11.8 Å². The van der Waals surface area contributed by atoms with Crippen LogP contribution in [-0.4, -0.2) is 30.9 Å². The average Bonchev–Trinajstić information content (AvgIpc) is 3.06. The van der Waals surface area contributed by atoms with E-state index in [1.807, 2.05) is 31.2 Å². The Kier molecular flexibility index (Phi) is 5.31. The lowest BCUT2D eigenvalue weighted by molar-refractivity contribution is 0.166. The fourth-order valence-electron chi connectivity index (χ4n) is 2.83. The first-order valence-corrected chi connectivity index (χ1v) is 8.26. The Morgan fingerprint density at radius 1 is 1.24 bits per heavy atom. The van der Waals surface area contributed by atoms with Crippen molar-refractivity contribution in [2.75, 3.05) is 24.6 Å². The molecule has 1 aliphatic rings. The SMILES string of the molecule is CC(NCC(O)c1ccccc1F)c1ccc(N2CCOC2=O)cc1. The molecule has 6 heteroatoms. The third-order valence-corrected chi connectivity index (χ3v) is 4.35. The van der Waals surface area contributed by atoms with Crippen LogP contribution in [0.5, 0.6) is 0 Å². The number of amides is 1. The Labute approximate surface area is 146 Å². The molecule has 0 spiro atoms. The molecule has 1 fully saturated rings. The van der Waals surface area contributed by atoms with Gasteiger partial charge < -0.3 is 15.2 Å². The summed E-state index contributed by atoms with van der Waals surface area (Å²) in [7, 11) is 0. The van der Waals surface area contributed by atoms with Crippen LogP contribution in [0.4, 0.5) is 14.9 Å². The van der Waals surface area contributed by atoms with Crippen LogP contribution in [0.2, 0.25) is 0 Å². The fraction of sp³-hybridized carbons (Fsp3) is 0.316. The number of ether oxygens (including phenoxy) is 1. The molecule has 1 saturated heterocycles. The van der Waals surface area contributed by atoms with E-state index in [4.69, 9.17) is 4.74 Å². The highest BCUT2D eigenvalue weighted by Crippen LogP contribution is 2.22. The minimum atomic E-state index is -0.915. The number of aliphatic hydroxyl groups excluding tert-OH is 1. The lowest BCUT2D eigenvalue weighted by Crippen LogP contribution is -2.25. The zero-order chi connectivity index (χ0) is 17.8. The first-order chi connectivity index (χ1) is 12.1. The highest BCUT2D eigenvalue weighted by molar-refractivity contribution is 5.89. The Balaban J connectivity index is 1.59. The monoisotopic (exact) mass is 344 g/mol. The van der Waals surface area contributed by atoms with Crippen LogP contribution < -0.4 is 10.2 Å². The van der Waals surface area contributed by atoms with Crippen LogP contribution >= 0.6 is 0 Å². The van der Waals surface area contributed by atoms with Gasteiger partial charge in [-0.25, -0.2) is 9.18 Å². The summed E-state index contributed by atoms with van der Waals surface area (Å²) in [5, 5.41) is 13.4. The Bertz CT molecular complexity index is 736. The van der Waals surface area contributed by atoms with E-state index in [0.717, 1.165) is 11.3 Å². The van der Waals surface area contributed by atoms with Crippen LogP contribution in [0.25, 0.3) is 0 Å². The van der Waals surface area contributed by atoms with E-state index in [1.54, 1.807) is 23.1 Å². The summed E-state index contributed by atoms with van der Waals surface area (Å²) < 4.78 is 18.6. The second-order valence-electron chi connectivity index (χ2n) is 6.02. The number of benzene rings is 2. The largest absolute Gasteiger partial charge is 0.447 e. The molecule has 5 nitrogen and oxygen atoms in total. The molecule has 1 amide bonds. The van der Waals surface area contributed by atoms with Crippen LogP contribution in [0.3, 0.4) is 0 Å². The molecule has 25 heavy (non-hydrogen) atoms. The van der Waals surface area contributed by atoms with Gasteiger partial charge in [0.05, 0.1) is 12.6 Å². The third kappa shape index (κ3) is 3.97. The van der Waals surface area contributed by atoms with E-state index < -0.39 is 11.9 Å². The molecule has 1 heterocycles. The standard InChI is InChI=1S/C19H21FN2O3/c1-13(21-12-18(23)16-4-2-3-5-17(16)20)14-6-8-15(9-7-14)22-10-11-25-19(22)24/h2-9,13,18,21,23H,10-12H2,1H3. The van der Waals surface area contributed by atoms with Gasteiger partial charge in [-0.2, -0.15) is 0 Å². The fourth-order valence-corrected chi connectivity index (χ4v) is 2.83. The van der Waals surface area contributed by atoms with Gasteiger partial charge in [0.2, 0.25) is 0 Å². The zero-order valence-electron chi connectivity index (χ0n) is 14.0. The number of carbonyl (C=O) groups is 1. The molecule has 2 aromatic carbocycles. The lowest BCUT2D eigenvalue weighted by Gasteiger charge is -2.19. The minimum Gasteiger partial charge on any atom is -0.447 e. The normalized spacial score (nSPS) is 16.6. The Hall–Kier alpha value is -2.44. The van der Waals surface area contributed by atoms with Gasteiger partial charge in [0.15, 0.2) is 0 Å². The summed E-state index contributed by atoms with van der Waals surface area (Å²) in [4.78, 5) is 13.2. The predicted molar refractivity (Wildman–Crippen MR) is 92.9 cm³/mol. The average molecular weight is 344 g/mol. The van der Waals surface area contributed by atoms with Crippen LogP contribution in [0.15, 0.2) is 48.5 Å². The van der Waals surface area contributed by atoms with Gasteiger partial charge in [-0.3, -0.25) is 4.90 Å². The first-order valence-electron chi connectivity index (χ1n) is 8.26. The molecule has 0 saturated carbocycles. The molecule has 0 radical (unpaired) electrons. The van der Waals surface area contributed by atoms with Crippen molar-refractivity contribution in [3.05, 3.63) is 65.5 Å². The predicted octanol–water partition coefficient (Wildman–Crippen LogP) is 3.17. The smallest absolute Gasteiger partial charge is 0.414 e. The highest BCUT2D eigenvalue weighted by atomic mass is 19.1. The number of cyclic esters (lactones) is 1. The molecular weight excluding hydrogens is 323 g/mol. The number of nitrogens with zero attached hydrogens (tertiary/aromatic N) is 1. The van der Waals surface area contributed by atoms with Gasteiger partial charge in [-0.1, -0.05) is 30.3 Å². The molecule has 0 aliphatic carbocycles. The van der Waals surface area contributed by atoms with E-state index in [2.05, 4.69) is 5.32 Å². The van der Waals surface area contributed by atoms with Gasteiger partial charge in [0.1, 0.15) is 12.4 Å². The van der Waals surface area contributed by atoms with Gasteiger partial charge in [0, 0.05) is 23.8 Å². The maximum Gasteiger partial charge on any atom is 0.414 e. The molecule has 2 unspecified atom stereocenters. The van der Waals surface area contributed by atoms with Gasteiger partial charge in [-0.15, -0.1) is 0 Å². The number of nitrogens with one attached hydrogen (secondary N) is 1. The maximum absolute atomic E-state index is 13.7. The van der Waals surface area contributed by atoms with Crippen LogP contribution in [0.1, 0.15) is 30.2 Å². The minimum absolute atomic E-state index is 0.0268. The number of anilines is 1. The molecule has 3 rings (SSSR count). The van der Waals surface area contributed by atoms with Crippen molar-refractivity contribution in [3.8, 4) is 0 Å². The Morgan fingerprint density at radius 3 is 2.60 bits per heavy atom. The number of hydrogen-bond donors (Lipinski definition) is 2. The summed E-state index contributed by atoms with van der Waals surface area (Å²) in [6.45, 7) is 3.17. The van der Waals surface area contributed by atoms with Crippen molar-refractivity contribution in [2.24, 2.45) is 0 Å². The van der Waals surface area contributed by atoms with Crippen LogP contribution in [0, 0.1) is 5.82 Å². The van der Waals surface area contributed by atoms with Crippen LogP contribution in [-0.2, 0) is 4.74 Å². The van der Waals surface area contributed by atoms with Crippen molar-refractivity contribution < 1.29 is 19.0 Å². The van der Waals surface area contributed by atoms with Crippen molar-refractivity contribution in [3.63, 3.8) is 0 Å². The van der Waals surface area contributed by atoms with E-state index in [1.165, 1.54) is 6.07 Å². The molecule has 2 atom stereocenters. The summed E-state index contributed by atoms with van der Waals surface area (Å²) in [6, 6.07) is 13.8. The summed E-state index contributed by atoms with van der Waals surface area (Å²) in [5.74, 6) is -0.411. The molecule has 1 aliphatic heterocycles. The second-order valence-corrected chi connectivity index (χ2v) is 6.02. The zero-order valence-corrected chi connectivity index (χ0v) is 14.0. The number of rotatable bonds is 6. The first kappa shape index (κ1) is 17.4. The van der Waals surface area contributed by atoms with Crippen molar-refractivity contribution in [2.45, 2.75) is 19.1 Å². The van der Waals surface area contributed by atoms with Crippen molar-refractivity contribution in [1.82, 2.24) is 5.32 Å². The molecule has 132 valence electrons. The van der Waals surface area contributed by atoms with E-state index in [9.17, 15) is 14.3 Å². The summed E-state index contributed by atoms with van der Waals surface area (Å²) in [5.41, 5.74) is 2.09. The van der Waals surface area contributed by atoms with Gasteiger partial charge in [-0.05, 0) is 30.7 Å². The molecule has 2 aromatic rings. The summed E-state index contributed by atoms with van der Waals surface area (Å²) in [6.07, 6.45) is -1.24. The molecule has 0 aromatic heterocycles. The van der Waals surface area contributed by atoms with Gasteiger partial charge >= 0.3 is 6.09 Å². The lowest BCUT2D eigenvalue weighted by atomic mass is 10.1. The summed E-state index contributed by atoms with van der Waals surface area (Å²) >= 11 is 0.